The fraction of sp³-hybridized carbons (Fsp3) is 0.0833. The Morgan fingerprint density at radius 2 is 1.94 bits per heavy atom. The summed E-state index contributed by atoms with van der Waals surface area (Å²) in [5.41, 5.74) is 1.51. The van der Waals surface area contributed by atoms with Gasteiger partial charge in [-0.25, -0.2) is 15.0 Å². The first-order valence-corrected chi connectivity index (χ1v) is 6.82. The van der Waals surface area contributed by atoms with Gasteiger partial charge >= 0.3 is 0 Å². The van der Waals surface area contributed by atoms with E-state index in [4.69, 9.17) is 23.2 Å². The van der Waals surface area contributed by atoms with Crippen LogP contribution in [0.2, 0.25) is 10.2 Å². The molecule has 3 rings (SSSR count). The Hall–Kier alpha value is -1.23. The minimum Gasteiger partial charge on any atom is -0.238 e. The molecule has 0 aliphatic heterocycles. The highest BCUT2D eigenvalue weighted by molar-refractivity contribution is 7.09. The summed E-state index contributed by atoms with van der Waals surface area (Å²) in [6.07, 6.45) is 0. The first-order valence-electron chi connectivity index (χ1n) is 5.19. The molecule has 18 heavy (non-hydrogen) atoms. The van der Waals surface area contributed by atoms with Crippen LogP contribution in [0.25, 0.3) is 22.4 Å². The highest BCUT2D eigenvalue weighted by Gasteiger charge is 2.10. The van der Waals surface area contributed by atoms with E-state index in [1.165, 1.54) is 0 Å². The van der Waals surface area contributed by atoms with Gasteiger partial charge < -0.3 is 0 Å². The summed E-state index contributed by atoms with van der Waals surface area (Å²) in [7, 11) is 0. The zero-order valence-electron chi connectivity index (χ0n) is 9.32. The number of thiazole rings is 1. The summed E-state index contributed by atoms with van der Waals surface area (Å²) in [5.74, 6) is 0.541. The van der Waals surface area contributed by atoms with Crippen LogP contribution in [0, 0.1) is 6.92 Å². The van der Waals surface area contributed by atoms with Gasteiger partial charge in [-0.3, -0.25) is 0 Å². The lowest BCUT2D eigenvalue weighted by atomic mass is 10.2. The largest absolute Gasteiger partial charge is 0.238 e. The normalized spacial score (nSPS) is 11.1. The average molecular weight is 296 g/mol. The third-order valence-corrected chi connectivity index (χ3v) is 3.76. The summed E-state index contributed by atoms with van der Waals surface area (Å²) in [5, 5.41) is 4.65. The third kappa shape index (κ3) is 2.07. The highest BCUT2D eigenvalue weighted by Crippen LogP contribution is 2.27. The van der Waals surface area contributed by atoms with Crippen molar-refractivity contribution in [2.45, 2.75) is 6.92 Å². The second-order valence-corrected chi connectivity index (χ2v) is 5.61. The van der Waals surface area contributed by atoms with Crippen LogP contribution in [0.1, 0.15) is 5.01 Å². The fourth-order valence-electron chi connectivity index (χ4n) is 1.64. The highest BCUT2D eigenvalue weighted by atomic mass is 35.5. The summed E-state index contributed by atoms with van der Waals surface area (Å²) >= 11 is 13.6. The quantitative estimate of drug-likeness (QED) is 0.626. The number of hydrogen-bond acceptors (Lipinski definition) is 4. The lowest BCUT2D eigenvalue weighted by Crippen LogP contribution is -1.92. The van der Waals surface area contributed by atoms with Crippen molar-refractivity contribution in [3.8, 4) is 11.5 Å². The van der Waals surface area contributed by atoms with Gasteiger partial charge in [-0.05, 0) is 25.1 Å². The summed E-state index contributed by atoms with van der Waals surface area (Å²) in [4.78, 5) is 13.1. The van der Waals surface area contributed by atoms with Crippen LogP contribution in [0.3, 0.4) is 0 Å². The van der Waals surface area contributed by atoms with Crippen LogP contribution < -0.4 is 0 Å². The van der Waals surface area contributed by atoms with E-state index in [2.05, 4.69) is 15.0 Å². The van der Waals surface area contributed by atoms with Crippen molar-refractivity contribution in [2.24, 2.45) is 0 Å². The molecule has 0 radical (unpaired) electrons. The monoisotopic (exact) mass is 295 g/mol. The van der Waals surface area contributed by atoms with Crippen LogP contribution in [0.5, 0.6) is 0 Å². The second-order valence-electron chi connectivity index (χ2n) is 3.75. The number of fused-ring (bicyclic) bond motifs is 1. The Morgan fingerprint density at radius 3 is 2.67 bits per heavy atom. The number of rotatable bonds is 1. The number of benzene rings is 1. The average Bonchev–Trinajstić information content (AvgIpc) is 2.77. The molecular formula is C12H7Cl2N3S. The Morgan fingerprint density at radius 1 is 1.11 bits per heavy atom. The molecule has 0 aliphatic rings. The van der Waals surface area contributed by atoms with Crippen molar-refractivity contribution in [3.05, 3.63) is 38.8 Å². The number of aromatic nitrogens is 3. The van der Waals surface area contributed by atoms with E-state index >= 15 is 0 Å². The van der Waals surface area contributed by atoms with Gasteiger partial charge in [0, 0.05) is 15.8 Å². The van der Waals surface area contributed by atoms with Crippen molar-refractivity contribution in [1.82, 2.24) is 15.0 Å². The molecule has 0 atom stereocenters. The SMILES string of the molecule is Cc1nc(-c2nc(Cl)c3cc(Cl)ccc3n2)cs1. The molecule has 2 heterocycles. The molecule has 0 saturated carbocycles. The molecule has 0 saturated heterocycles. The molecule has 0 bridgehead atoms. The van der Waals surface area contributed by atoms with E-state index in [1.54, 1.807) is 23.5 Å². The van der Waals surface area contributed by atoms with Crippen molar-refractivity contribution in [1.29, 1.82) is 0 Å². The van der Waals surface area contributed by atoms with E-state index in [9.17, 15) is 0 Å². The Bertz CT molecular complexity index is 739. The van der Waals surface area contributed by atoms with E-state index in [0.29, 0.717) is 16.0 Å². The van der Waals surface area contributed by atoms with E-state index in [0.717, 1.165) is 21.6 Å². The van der Waals surface area contributed by atoms with Gasteiger partial charge in [0.1, 0.15) is 10.8 Å². The molecule has 0 amide bonds. The number of nitrogens with zero attached hydrogens (tertiary/aromatic N) is 3. The molecule has 0 spiro atoms. The van der Waals surface area contributed by atoms with Crippen LogP contribution in [0.4, 0.5) is 0 Å². The molecule has 0 fully saturated rings. The summed E-state index contributed by atoms with van der Waals surface area (Å²) < 4.78 is 0. The molecule has 0 N–H and O–H groups in total. The van der Waals surface area contributed by atoms with Gasteiger partial charge in [-0.2, -0.15) is 0 Å². The van der Waals surface area contributed by atoms with Crippen LogP contribution in [0.15, 0.2) is 23.6 Å². The number of hydrogen-bond donors (Lipinski definition) is 0. The van der Waals surface area contributed by atoms with Crippen molar-refractivity contribution in [3.63, 3.8) is 0 Å². The first kappa shape index (κ1) is 11.8. The zero-order valence-corrected chi connectivity index (χ0v) is 11.6. The number of aryl methyl sites for hydroxylation is 1. The van der Waals surface area contributed by atoms with Gasteiger partial charge in [0.25, 0.3) is 0 Å². The molecule has 90 valence electrons. The van der Waals surface area contributed by atoms with Crippen LogP contribution >= 0.6 is 34.5 Å². The number of halogens is 2. The van der Waals surface area contributed by atoms with E-state index in [1.807, 2.05) is 18.4 Å². The maximum Gasteiger partial charge on any atom is 0.181 e. The predicted molar refractivity (Wildman–Crippen MR) is 75.4 cm³/mol. The van der Waals surface area contributed by atoms with Gasteiger partial charge in [0.2, 0.25) is 0 Å². The van der Waals surface area contributed by atoms with E-state index < -0.39 is 0 Å². The Balaban J connectivity index is 2.24. The Kier molecular flexibility index (Phi) is 2.93. The Labute approximate surface area is 117 Å². The fourth-order valence-corrected chi connectivity index (χ4v) is 2.64. The third-order valence-electron chi connectivity index (χ3n) is 2.46. The summed E-state index contributed by atoms with van der Waals surface area (Å²) in [6, 6.07) is 5.37. The molecule has 0 aliphatic carbocycles. The van der Waals surface area contributed by atoms with Crippen LogP contribution in [-0.4, -0.2) is 15.0 Å². The topological polar surface area (TPSA) is 38.7 Å². The zero-order chi connectivity index (χ0) is 12.7. The minimum atomic E-state index is 0.392. The van der Waals surface area contributed by atoms with Crippen molar-refractivity contribution < 1.29 is 0 Å². The second kappa shape index (κ2) is 4.46. The molecule has 1 aromatic carbocycles. The van der Waals surface area contributed by atoms with Gasteiger partial charge in [0.15, 0.2) is 5.82 Å². The van der Waals surface area contributed by atoms with Gasteiger partial charge in [-0.1, -0.05) is 23.2 Å². The first-order chi connectivity index (χ1) is 8.63. The van der Waals surface area contributed by atoms with Crippen molar-refractivity contribution in [2.75, 3.05) is 0 Å². The smallest absolute Gasteiger partial charge is 0.181 e. The molecule has 2 aromatic heterocycles. The van der Waals surface area contributed by atoms with Gasteiger partial charge in [-0.15, -0.1) is 11.3 Å². The van der Waals surface area contributed by atoms with E-state index in [-0.39, 0.29) is 0 Å². The molecule has 6 heteroatoms. The molecule has 3 aromatic rings. The standard InChI is InChI=1S/C12H7Cl2N3S/c1-6-15-10(5-18-6)12-16-9-3-2-7(13)4-8(9)11(14)17-12/h2-5H,1H3. The maximum atomic E-state index is 6.16. The lowest BCUT2D eigenvalue weighted by Gasteiger charge is -2.02. The minimum absolute atomic E-state index is 0.392. The molecule has 0 unspecified atom stereocenters. The predicted octanol–water partition coefficient (Wildman–Crippen LogP) is 4.37. The maximum absolute atomic E-state index is 6.16. The van der Waals surface area contributed by atoms with Crippen LogP contribution in [-0.2, 0) is 0 Å². The van der Waals surface area contributed by atoms with Gasteiger partial charge in [0.05, 0.1) is 10.5 Å². The molecule has 3 nitrogen and oxygen atoms in total. The molecular weight excluding hydrogens is 289 g/mol. The van der Waals surface area contributed by atoms with Crippen molar-refractivity contribution >= 4 is 45.4 Å². The summed E-state index contributed by atoms with van der Waals surface area (Å²) in [6.45, 7) is 1.94. The lowest BCUT2D eigenvalue weighted by molar-refractivity contribution is 1.18.